The van der Waals surface area contributed by atoms with E-state index in [-0.39, 0.29) is 29.4 Å². The number of anilines is 5. The third-order valence-corrected chi connectivity index (χ3v) is 21.7. The zero-order chi connectivity index (χ0) is 80.7. The molecule has 6 aliphatic heterocycles. The van der Waals surface area contributed by atoms with Crippen LogP contribution in [-0.4, -0.2) is 62.5 Å². The number of nitriles is 1. The van der Waals surface area contributed by atoms with Crippen molar-refractivity contribution in [1.82, 2.24) is 51.0 Å². The molecule has 0 saturated heterocycles. The van der Waals surface area contributed by atoms with Crippen LogP contribution in [-0.2, 0) is 6.42 Å². The summed E-state index contributed by atoms with van der Waals surface area (Å²) < 4.78 is 6.01. The minimum atomic E-state index is -0.481. The van der Waals surface area contributed by atoms with E-state index in [4.69, 9.17) is 60.8 Å². The fourth-order valence-electron chi connectivity index (χ4n) is 15.8. The van der Waals surface area contributed by atoms with Crippen LogP contribution in [0.25, 0.3) is 35.0 Å². The number of halogens is 2. The predicted molar refractivity (Wildman–Crippen MR) is 448 cm³/mol. The van der Waals surface area contributed by atoms with Crippen LogP contribution in [0.1, 0.15) is 202 Å². The Morgan fingerprint density at radius 2 is 0.791 bits per heavy atom. The fraction of sp³-hybridized carbons (Fsp3) is 0.261. The molecule has 5 atom stereocenters. The summed E-state index contributed by atoms with van der Waals surface area (Å²) >= 11 is 12.6. The molecule has 0 fully saturated rings. The highest BCUT2D eigenvalue weighted by atomic mass is 35.5. The van der Waals surface area contributed by atoms with E-state index < -0.39 is 10.8 Å². The zero-order valence-corrected chi connectivity index (χ0v) is 65.4. The first kappa shape index (κ1) is 79.1. The van der Waals surface area contributed by atoms with Crippen molar-refractivity contribution in [1.29, 1.82) is 5.26 Å². The molecular weight excluding hydrogens is 1480 g/mol. The molecule has 11 heterocycles. The summed E-state index contributed by atoms with van der Waals surface area (Å²) in [5, 5.41) is 76.1. The molecule has 5 aromatic heterocycles. The van der Waals surface area contributed by atoms with Crippen molar-refractivity contribution >= 4 is 68.8 Å². The molecule has 115 heavy (non-hydrogen) atoms. The normalized spacial score (nSPS) is 17.1. The number of aromatic amines is 5. The van der Waals surface area contributed by atoms with Crippen LogP contribution in [0.2, 0.25) is 10.0 Å². The van der Waals surface area contributed by atoms with Gasteiger partial charge in [-0.15, -0.1) is 0 Å². The van der Waals surface area contributed by atoms with Crippen molar-refractivity contribution in [3.05, 3.63) is 359 Å². The number of benzene rings is 6. The van der Waals surface area contributed by atoms with Gasteiger partial charge in [-0.3, -0.25) is 35.6 Å². The van der Waals surface area contributed by atoms with Crippen molar-refractivity contribution < 1.29 is 9.66 Å². The van der Waals surface area contributed by atoms with E-state index in [1.807, 2.05) is 55.7 Å². The molecular formula is C88H82Cl2N22O3. The maximum Gasteiger partial charge on any atom is 0.272 e. The van der Waals surface area contributed by atoms with Gasteiger partial charge >= 0.3 is 0 Å². The number of aryl methyl sites for hydroxylation is 1. The molecule has 6 aromatic carbocycles. The molecule has 0 radical (unpaired) electrons. The molecule has 27 heteroatoms. The number of allylic oxidation sites excluding steroid dienone is 10. The Balaban J connectivity index is 0.000000125. The number of hydrogen-bond acceptors (Lipinski definition) is 14. The van der Waals surface area contributed by atoms with Gasteiger partial charge in [-0.05, 0) is 95.7 Å². The maximum absolute atomic E-state index is 11.4. The van der Waals surface area contributed by atoms with Crippen molar-refractivity contribution in [2.45, 2.75) is 141 Å². The first-order valence-electron chi connectivity index (χ1n) is 38.2. The molecule has 0 aliphatic carbocycles. The molecule has 576 valence electrons. The van der Waals surface area contributed by atoms with Crippen molar-refractivity contribution in [3.8, 4) is 11.8 Å². The minimum Gasteiger partial charge on any atom is -0.493 e. The minimum absolute atomic E-state index is 0.0172. The predicted octanol–water partition coefficient (Wildman–Crippen LogP) is 22.1. The number of nitrogens with zero attached hydrogens (tertiary/aromatic N) is 12. The number of aromatic nitrogens is 10. The summed E-state index contributed by atoms with van der Waals surface area (Å²) in [6.07, 6.45) is 19.6. The maximum atomic E-state index is 11.4. The fourth-order valence-corrected chi connectivity index (χ4v) is 16.2. The van der Waals surface area contributed by atoms with Gasteiger partial charge in [0.15, 0.2) is 28.5 Å². The lowest BCUT2D eigenvalue weighted by Gasteiger charge is -2.29. The molecule has 6 aliphatic rings. The number of para-hydroxylation sites is 2. The second-order valence-electron chi connectivity index (χ2n) is 27.9. The third kappa shape index (κ3) is 16.0. The summed E-state index contributed by atoms with van der Waals surface area (Å²) in [6.45, 7) is 49.6. The summed E-state index contributed by atoms with van der Waals surface area (Å²) in [5.41, 5.74) is 18.9. The highest BCUT2D eigenvalue weighted by molar-refractivity contribution is 6.42. The van der Waals surface area contributed by atoms with Gasteiger partial charge in [0.05, 0.1) is 127 Å². The van der Waals surface area contributed by atoms with Gasteiger partial charge < -0.3 is 31.3 Å². The second kappa shape index (κ2) is 36.5. The molecule has 5 unspecified atom stereocenters. The molecule has 0 saturated carbocycles. The van der Waals surface area contributed by atoms with Gasteiger partial charge in [0.2, 0.25) is 0 Å². The number of H-pyrrole nitrogens is 5. The van der Waals surface area contributed by atoms with Crippen molar-refractivity contribution in [2.24, 2.45) is 0 Å². The zero-order valence-electron chi connectivity index (χ0n) is 63.9. The van der Waals surface area contributed by atoms with E-state index >= 15 is 0 Å². The largest absolute Gasteiger partial charge is 0.493 e. The van der Waals surface area contributed by atoms with E-state index in [1.165, 1.54) is 22.4 Å². The number of fused-ring (bicyclic) bond motifs is 7. The highest BCUT2D eigenvalue weighted by Crippen LogP contribution is 2.51. The van der Waals surface area contributed by atoms with Crippen LogP contribution in [0, 0.1) is 54.3 Å². The number of nitro benzene ring substituents is 1. The van der Waals surface area contributed by atoms with Gasteiger partial charge in [-0.2, -0.15) is 30.8 Å². The molecule has 25 nitrogen and oxygen atoms in total. The first-order chi connectivity index (χ1) is 56.3. The summed E-state index contributed by atoms with van der Waals surface area (Å²) in [5.74, 6) is 3.91. The summed E-state index contributed by atoms with van der Waals surface area (Å²) in [6, 6.07) is 42.7. The monoisotopic (exact) mass is 1560 g/mol. The van der Waals surface area contributed by atoms with E-state index in [0.717, 1.165) is 196 Å². The van der Waals surface area contributed by atoms with Gasteiger partial charge in [0.25, 0.3) is 5.69 Å². The Morgan fingerprint density at radius 1 is 0.443 bits per heavy atom. The highest BCUT2D eigenvalue weighted by Gasteiger charge is 2.39. The van der Waals surface area contributed by atoms with Crippen LogP contribution < -0.4 is 31.3 Å². The SMILES string of the molecule is [C-]#[N+]C1=C(CCC)Nc2[nH]ncc2C1c1cccc(Cl)c1Cl.[C-]#[N+]C1=C(CCC)Nc2[nH]ncc2C1c1cccc2c1OCCC2.[C-]#[N+]C1=C(CCC)Nc2[nH]ncc2C1c1cccc2ccccc12.[C-]#[N+]C1=C(CCC)Nc2[nH]ncc2C1c1ccccc1C#N.[C-]#[N+]C1=C(CCC)Nc2[nH]ncc2C1c1ccccc1[N+](=O)[O-]. The Labute approximate surface area is 676 Å². The van der Waals surface area contributed by atoms with Crippen LogP contribution in [0.3, 0.4) is 0 Å². The van der Waals surface area contributed by atoms with Crippen LogP contribution >= 0.6 is 23.2 Å². The van der Waals surface area contributed by atoms with E-state index in [2.05, 4.69) is 190 Å². The van der Waals surface area contributed by atoms with Gasteiger partial charge in [-0.25, -0.2) is 24.2 Å². The van der Waals surface area contributed by atoms with Crippen LogP contribution in [0.4, 0.5) is 34.8 Å². The third-order valence-electron chi connectivity index (χ3n) is 20.8. The molecule has 0 spiro atoms. The second-order valence-corrected chi connectivity index (χ2v) is 28.7. The lowest BCUT2D eigenvalue weighted by Crippen LogP contribution is -2.19. The molecule has 0 amide bonds. The van der Waals surface area contributed by atoms with Crippen LogP contribution in [0.15, 0.2) is 215 Å². The quantitative estimate of drug-likeness (QED) is 0.0244. The summed E-state index contributed by atoms with van der Waals surface area (Å²) in [4.78, 5) is 30.0. The van der Waals surface area contributed by atoms with Gasteiger partial charge in [-0.1, -0.05) is 199 Å². The number of nitrogens with one attached hydrogen (secondary N) is 10. The first-order valence-corrected chi connectivity index (χ1v) is 39.0. The number of hydrogen-bond donors (Lipinski definition) is 10. The van der Waals surface area contributed by atoms with E-state index in [9.17, 15) is 15.4 Å². The topological polar surface area (TPSA) is 302 Å². The van der Waals surface area contributed by atoms with E-state index in [1.54, 1.807) is 48.9 Å². The Kier molecular flexibility index (Phi) is 25.1. The average Bonchev–Trinajstić information content (AvgIpc) is 1.73. The standard InChI is InChI=1S/C20H18N4.C19H20N4O.C17H15N5.C16H14Cl2N4.C16H15N5O2/c1-3-7-17-19(21-2)18(16-12-22-24-20(16)23-17)15-11-6-9-13-8-4-5-10-14(13)15;1-3-6-15-17(20-2)16(14-11-21-23-19(14)22-15)13-9-4-7-12-8-5-10-24-18(12)13;1-3-6-14-16(19-2)15(13-10-20-22-17(13)21-14)12-8-5-4-7-11(12)9-18;1-3-5-12-15(19-2)13(10-8-20-22-16(10)21-12)9-6-4-7-11(17)14(9)18;1-3-6-12-15(17-2)14(11-9-18-20-16(11)19-12)10-7-4-5-8-13(10)21(22)23/h4-6,8-12,18H,3,7H2,1H3,(H2,22,23,24);4,7,9,11,16H,3,5-6,8,10H2,1H3,(H2,21,22,23);4-5,7-8,10,15H,3,6H2,1H3,(H2,20,21,22);4,6-8,13H,3,5H2,1H3,(H2,20,21,22);4-5,7-9,14H,3,6H2,1H3,(H2,18,19,20). The lowest BCUT2D eigenvalue weighted by molar-refractivity contribution is -0.385. The summed E-state index contributed by atoms with van der Waals surface area (Å²) in [7, 11) is 0. The molecule has 11 aromatic rings. The molecule has 10 N–H and O–H groups in total. The van der Waals surface area contributed by atoms with Gasteiger partial charge in [0, 0.05) is 67.9 Å². The van der Waals surface area contributed by atoms with Gasteiger partial charge in [0.1, 0.15) is 34.8 Å². The smallest absolute Gasteiger partial charge is 0.272 e. The van der Waals surface area contributed by atoms with Crippen molar-refractivity contribution in [3.63, 3.8) is 0 Å². The lowest BCUT2D eigenvalue weighted by atomic mass is 9.83. The molecule has 17 rings (SSSR count). The molecule has 0 bridgehead atoms. The number of ether oxygens (including phenoxy) is 1. The Bertz CT molecular complexity index is 5920. The number of nitro groups is 1. The Morgan fingerprint density at radius 3 is 1.23 bits per heavy atom. The van der Waals surface area contributed by atoms with Crippen molar-refractivity contribution in [2.75, 3.05) is 33.2 Å². The number of rotatable bonds is 16. The average molecular weight is 1570 g/mol. The van der Waals surface area contributed by atoms with Crippen LogP contribution in [0.5, 0.6) is 5.75 Å². The Hall–Kier alpha value is -14.0. The van der Waals surface area contributed by atoms with E-state index in [0.29, 0.717) is 50.5 Å².